The molecule has 2 aliphatic rings. The van der Waals surface area contributed by atoms with E-state index in [0.717, 1.165) is 22.0 Å². The monoisotopic (exact) mass is 517 g/mol. The molecule has 1 fully saturated rings. The van der Waals surface area contributed by atoms with E-state index in [0.29, 0.717) is 37.1 Å². The van der Waals surface area contributed by atoms with Crippen molar-refractivity contribution in [1.29, 1.82) is 0 Å². The van der Waals surface area contributed by atoms with Gasteiger partial charge in [-0.25, -0.2) is 0 Å². The zero-order valence-corrected chi connectivity index (χ0v) is 20.2. The number of ketones is 1. The molecular formula is C28H24BrNO4. The minimum Gasteiger partial charge on any atom is -0.457 e. The van der Waals surface area contributed by atoms with Crippen molar-refractivity contribution in [2.24, 2.45) is 5.92 Å². The van der Waals surface area contributed by atoms with Crippen LogP contribution in [0.4, 0.5) is 0 Å². The van der Waals surface area contributed by atoms with E-state index >= 15 is 0 Å². The molecule has 34 heavy (non-hydrogen) atoms. The summed E-state index contributed by atoms with van der Waals surface area (Å²) in [6.07, 6.45) is 1.94. The van der Waals surface area contributed by atoms with Gasteiger partial charge < -0.3 is 9.64 Å². The van der Waals surface area contributed by atoms with Crippen molar-refractivity contribution >= 4 is 33.6 Å². The van der Waals surface area contributed by atoms with Gasteiger partial charge in [0.15, 0.2) is 12.4 Å². The number of esters is 1. The molecule has 6 heteroatoms. The number of likely N-dealkylation sites (tertiary alicyclic amines) is 1. The maximum atomic E-state index is 12.7. The molecule has 5 rings (SSSR count). The van der Waals surface area contributed by atoms with Gasteiger partial charge in [0.1, 0.15) is 0 Å². The number of amides is 1. The molecule has 172 valence electrons. The van der Waals surface area contributed by atoms with Crippen molar-refractivity contribution in [3.63, 3.8) is 0 Å². The molecule has 3 aromatic rings. The Kier molecular flexibility index (Phi) is 6.33. The zero-order valence-electron chi connectivity index (χ0n) is 18.6. The molecule has 0 N–H and O–H groups in total. The molecule has 1 amide bonds. The third kappa shape index (κ3) is 4.55. The van der Waals surface area contributed by atoms with Crippen LogP contribution >= 0.6 is 15.9 Å². The first-order valence-corrected chi connectivity index (χ1v) is 12.2. The molecule has 1 aliphatic heterocycles. The second-order valence-corrected chi connectivity index (χ2v) is 9.73. The Bertz CT molecular complexity index is 1260. The zero-order chi connectivity index (χ0) is 23.7. The van der Waals surface area contributed by atoms with Crippen LogP contribution in [0.2, 0.25) is 0 Å². The van der Waals surface area contributed by atoms with Crippen LogP contribution in [0, 0.1) is 5.92 Å². The van der Waals surface area contributed by atoms with Crippen LogP contribution in [0.5, 0.6) is 0 Å². The van der Waals surface area contributed by atoms with Gasteiger partial charge in [0.2, 0.25) is 0 Å². The summed E-state index contributed by atoms with van der Waals surface area (Å²) in [5, 5.41) is 0. The number of benzene rings is 3. The lowest BCUT2D eigenvalue weighted by molar-refractivity contribution is -0.148. The fraction of sp³-hybridized carbons (Fsp3) is 0.250. The van der Waals surface area contributed by atoms with Crippen LogP contribution in [-0.2, 0) is 16.0 Å². The van der Waals surface area contributed by atoms with Gasteiger partial charge in [0.25, 0.3) is 5.91 Å². The first-order valence-electron chi connectivity index (χ1n) is 11.5. The van der Waals surface area contributed by atoms with Crippen LogP contribution in [0.15, 0.2) is 71.2 Å². The van der Waals surface area contributed by atoms with Crippen molar-refractivity contribution in [3.8, 4) is 11.1 Å². The Labute approximate surface area is 206 Å². The quantitative estimate of drug-likeness (QED) is 0.266. The summed E-state index contributed by atoms with van der Waals surface area (Å²) in [6.45, 7) is 0.719. The number of carbonyl (C=O) groups is 3. The van der Waals surface area contributed by atoms with E-state index in [1.807, 2.05) is 42.5 Å². The lowest BCUT2D eigenvalue weighted by Gasteiger charge is -2.31. The molecule has 0 unspecified atom stereocenters. The number of halogens is 1. The fourth-order valence-electron chi connectivity index (χ4n) is 4.73. The van der Waals surface area contributed by atoms with E-state index in [1.54, 1.807) is 17.0 Å². The van der Waals surface area contributed by atoms with Gasteiger partial charge in [-0.3, -0.25) is 14.4 Å². The molecule has 3 aromatic carbocycles. The predicted molar refractivity (Wildman–Crippen MR) is 133 cm³/mol. The molecule has 0 bridgehead atoms. The smallest absolute Gasteiger partial charge is 0.309 e. The molecule has 1 saturated heterocycles. The lowest BCUT2D eigenvalue weighted by Crippen LogP contribution is -2.40. The van der Waals surface area contributed by atoms with Gasteiger partial charge in [-0.05, 0) is 71.8 Å². The van der Waals surface area contributed by atoms with Gasteiger partial charge in [-0.2, -0.15) is 0 Å². The Morgan fingerprint density at radius 1 is 0.853 bits per heavy atom. The van der Waals surface area contributed by atoms with E-state index in [1.165, 1.54) is 11.1 Å². The normalized spacial score (nSPS) is 14.9. The van der Waals surface area contributed by atoms with E-state index in [-0.39, 0.29) is 30.2 Å². The van der Waals surface area contributed by atoms with Gasteiger partial charge in [-0.15, -0.1) is 0 Å². The summed E-state index contributed by atoms with van der Waals surface area (Å²) in [7, 11) is 0. The Balaban J connectivity index is 1.14. The summed E-state index contributed by atoms with van der Waals surface area (Å²) in [5.41, 5.74) is 5.90. The van der Waals surface area contributed by atoms with Crippen molar-refractivity contribution in [1.82, 2.24) is 4.90 Å². The van der Waals surface area contributed by atoms with Gasteiger partial charge in [0.05, 0.1) is 5.92 Å². The van der Waals surface area contributed by atoms with Gasteiger partial charge in [-0.1, -0.05) is 52.3 Å². The third-order valence-electron chi connectivity index (χ3n) is 6.67. The third-order valence-corrected chi connectivity index (χ3v) is 7.20. The molecular weight excluding hydrogens is 494 g/mol. The van der Waals surface area contributed by atoms with E-state index in [9.17, 15) is 14.4 Å². The number of hydrogen-bond donors (Lipinski definition) is 0. The highest BCUT2D eigenvalue weighted by atomic mass is 79.9. The summed E-state index contributed by atoms with van der Waals surface area (Å²) < 4.78 is 6.30. The second-order valence-electron chi connectivity index (χ2n) is 8.81. The first kappa shape index (κ1) is 22.5. The lowest BCUT2D eigenvalue weighted by atomic mass is 9.96. The molecule has 1 heterocycles. The number of fused-ring (bicyclic) bond motifs is 3. The van der Waals surface area contributed by atoms with Crippen LogP contribution in [0.25, 0.3) is 11.1 Å². The number of hydrogen-bond acceptors (Lipinski definition) is 4. The number of piperidine rings is 1. The van der Waals surface area contributed by atoms with Crippen LogP contribution in [0.1, 0.15) is 44.7 Å². The fourth-order valence-corrected chi connectivity index (χ4v) is 4.99. The average molecular weight is 518 g/mol. The Hall–Kier alpha value is -3.25. The molecule has 0 saturated carbocycles. The maximum Gasteiger partial charge on any atom is 0.309 e. The largest absolute Gasteiger partial charge is 0.457 e. The van der Waals surface area contributed by atoms with E-state index in [4.69, 9.17) is 4.74 Å². The summed E-state index contributed by atoms with van der Waals surface area (Å²) >= 11 is 3.37. The van der Waals surface area contributed by atoms with E-state index < -0.39 is 0 Å². The Morgan fingerprint density at radius 3 is 2.29 bits per heavy atom. The number of carbonyl (C=O) groups excluding carboxylic acids is 3. The van der Waals surface area contributed by atoms with Gasteiger partial charge in [0, 0.05) is 28.7 Å². The summed E-state index contributed by atoms with van der Waals surface area (Å²) in [6, 6.07) is 21.2. The van der Waals surface area contributed by atoms with Crippen molar-refractivity contribution in [2.75, 3.05) is 19.7 Å². The average Bonchev–Trinajstić information content (AvgIpc) is 3.25. The highest BCUT2D eigenvalue weighted by molar-refractivity contribution is 9.10. The van der Waals surface area contributed by atoms with Crippen LogP contribution in [0.3, 0.4) is 0 Å². The second kappa shape index (κ2) is 9.55. The maximum absolute atomic E-state index is 12.7. The van der Waals surface area contributed by atoms with Crippen molar-refractivity contribution in [2.45, 2.75) is 19.3 Å². The highest BCUT2D eigenvalue weighted by Gasteiger charge is 2.29. The topological polar surface area (TPSA) is 63.7 Å². The molecule has 5 nitrogen and oxygen atoms in total. The predicted octanol–water partition coefficient (Wildman–Crippen LogP) is 5.30. The minimum atomic E-state index is -0.365. The van der Waals surface area contributed by atoms with Gasteiger partial charge >= 0.3 is 5.97 Å². The number of ether oxygens (including phenoxy) is 1. The molecule has 0 spiro atoms. The SMILES string of the molecule is O=C(COC(=O)C1CCN(C(=O)c2ccc(Br)cc2)CC1)c1ccc2c(c1)-c1ccccc1C2. The number of nitrogens with zero attached hydrogens (tertiary/aromatic N) is 1. The Morgan fingerprint density at radius 2 is 1.53 bits per heavy atom. The molecule has 0 radical (unpaired) electrons. The summed E-state index contributed by atoms with van der Waals surface area (Å²) in [5.74, 6) is -0.902. The highest BCUT2D eigenvalue weighted by Crippen LogP contribution is 2.36. The molecule has 1 aliphatic carbocycles. The first-order chi connectivity index (χ1) is 16.5. The standard InChI is InChI=1S/C28H24BrNO4/c29-23-9-7-18(8-10-23)27(32)30-13-11-19(12-14-30)28(33)34-17-26(31)22-6-5-21-15-20-3-1-2-4-24(20)25(21)16-22/h1-10,16,19H,11-15,17H2. The number of Topliss-reactive ketones (excluding diaryl/α,β-unsaturated/α-hetero) is 1. The number of rotatable bonds is 5. The molecule has 0 aromatic heterocycles. The van der Waals surface area contributed by atoms with E-state index in [2.05, 4.69) is 28.1 Å². The van der Waals surface area contributed by atoms with Crippen molar-refractivity contribution < 1.29 is 19.1 Å². The summed E-state index contributed by atoms with van der Waals surface area (Å²) in [4.78, 5) is 39.7. The van der Waals surface area contributed by atoms with Crippen molar-refractivity contribution in [3.05, 3.63) is 93.5 Å². The van der Waals surface area contributed by atoms with Crippen LogP contribution < -0.4 is 0 Å². The minimum absolute atomic E-state index is 0.0346. The van der Waals surface area contributed by atoms with Crippen LogP contribution in [-0.4, -0.2) is 42.3 Å². The molecule has 0 atom stereocenters.